The van der Waals surface area contributed by atoms with Gasteiger partial charge in [-0.3, -0.25) is 0 Å². The van der Waals surface area contributed by atoms with Crippen molar-refractivity contribution in [3.8, 4) is 0 Å². The van der Waals surface area contributed by atoms with Gasteiger partial charge in [-0.2, -0.15) is 4.98 Å². The molecule has 18 heavy (non-hydrogen) atoms. The fourth-order valence-electron chi connectivity index (χ4n) is 2.60. The molecule has 2 aliphatic heterocycles. The minimum Gasteiger partial charge on any atom is -0.611 e. The number of aryl methyl sites for hydroxylation is 1. The van der Waals surface area contributed by atoms with E-state index in [9.17, 15) is 9.66 Å². The van der Waals surface area contributed by atoms with Crippen LogP contribution in [0.15, 0.2) is 4.90 Å². The van der Waals surface area contributed by atoms with Gasteiger partial charge in [-0.05, 0) is 28.7 Å². The first-order chi connectivity index (χ1) is 8.61. The van der Waals surface area contributed by atoms with Gasteiger partial charge in [0, 0.05) is 13.0 Å². The summed E-state index contributed by atoms with van der Waals surface area (Å²) >= 11 is 4.88. The summed E-state index contributed by atoms with van der Waals surface area (Å²) in [5.74, 6) is 1.65. The molecule has 3 rings (SSSR count). The van der Waals surface area contributed by atoms with Crippen LogP contribution < -0.4 is 4.90 Å². The van der Waals surface area contributed by atoms with Gasteiger partial charge in [0.2, 0.25) is 10.2 Å². The van der Waals surface area contributed by atoms with Crippen LogP contribution in [0, 0.1) is 5.92 Å². The average molecular weight is 288 g/mol. The second-order valence-electron chi connectivity index (χ2n) is 4.77. The van der Waals surface area contributed by atoms with Crippen molar-refractivity contribution in [3.63, 3.8) is 0 Å². The number of halogens is 1. The normalized spacial score (nSPS) is 30.2. The Morgan fingerprint density at radius 2 is 2.33 bits per heavy atom. The molecular weight excluding hydrogens is 274 g/mol. The number of fused-ring (bicyclic) bond motifs is 1. The molecule has 3 atom stereocenters. The third-order valence-corrected chi connectivity index (χ3v) is 5.26. The van der Waals surface area contributed by atoms with Crippen molar-refractivity contribution >= 4 is 28.6 Å². The van der Waals surface area contributed by atoms with Gasteiger partial charge in [-0.1, -0.05) is 6.92 Å². The van der Waals surface area contributed by atoms with Crippen LogP contribution in [-0.2, 0) is 17.6 Å². The van der Waals surface area contributed by atoms with Crippen molar-refractivity contribution in [2.75, 3.05) is 23.8 Å². The number of hydrogen-bond acceptors (Lipinski definition) is 5. The molecule has 1 N–H and O–H groups in total. The fraction of sp³-hybridized carbons (Fsp3) is 0.636. The molecule has 5 nitrogen and oxygen atoms in total. The molecule has 1 fully saturated rings. The van der Waals surface area contributed by atoms with Crippen LogP contribution in [0.2, 0.25) is 5.28 Å². The van der Waals surface area contributed by atoms with E-state index >= 15 is 0 Å². The lowest BCUT2D eigenvalue weighted by Gasteiger charge is -2.46. The molecule has 0 spiro atoms. The van der Waals surface area contributed by atoms with Crippen molar-refractivity contribution < 1.29 is 9.66 Å². The highest BCUT2D eigenvalue weighted by atomic mass is 35.5. The summed E-state index contributed by atoms with van der Waals surface area (Å²) in [6.07, 6.45) is 0.685. The molecule has 0 radical (unpaired) electrons. The first-order valence-electron chi connectivity index (χ1n) is 5.94. The first-order valence-corrected chi connectivity index (χ1v) is 7.63. The molecule has 1 aromatic rings. The monoisotopic (exact) mass is 287 g/mol. The number of anilines is 1. The Morgan fingerprint density at radius 3 is 3.00 bits per heavy atom. The highest BCUT2D eigenvalue weighted by Gasteiger charge is 2.42. The van der Waals surface area contributed by atoms with E-state index in [0.717, 1.165) is 12.2 Å². The molecule has 1 saturated heterocycles. The van der Waals surface area contributed by atoms with Gasteiger partial charge in [0.15, 0.2) is 5.82 Å². The van der Waals surface area contributed by atoms with Gasteiger partial charge >= 0.3 is 0 Å². The molecule has 98 valence electrons. The molecule has 3 heterocycles. The highest BCUT2D eigenvalue weighted by Crippen LogP contribution is 2.38. The van der Waals surface area contributed by atoms with Crippen LogP contribution in [0.5, 0.6) is 0 Å². The largest absolute Gasteiger partial charge is 0.611 e. The van der Waals surface area contributed by atoms with Crippen molar-refractivity contribution in [2.45, 2.75) is 24.3 Å². The Hall–Kier alpha value is -0.560. The predicted octanol–water partition coefficient (Wildman–Crippen LogP) is 0.611. The van der Waals surface area contributed by atoms with Gasteiger partial charge in [0.1, 0.15) is 11.4 Å². The van der Waals surface area contributed by atoms with Crippen LogP contribution in [0.3, 0.4) is 0 Å². The molecule has 0 saturated carbocycles. The summed E-state index contributed by atoms with van der Waals surface area (Å²) in [7, 11) is 0. The number of nitrogens with zero attached hydrogens (tertiary/aromatic N) is 3. The maximum absolute atomic E-state index is 12.0. The Bertz CT molecular complexity index is 488. The van der Waals surface area contributed by atoms with Gasteiger partial charge in [0.25, 0.3) is 0 Å². The number of hydrogen-bond donors (Lipinski definition) is 1. The van der Waals surface area contributed by atoms with Crippen molar-refractivity contribution in [1.29, 1.82) is 0 Å². The van der Waals surface area contributed by atoms with Gasteiger partial charge in [0.05, 0.1) is 12.6 Å². The second-order valence-corrected chi connectivity index (χ2v) is 6.62. The number of aliphatic hydroxyl groups is 1. The maximum atomic E-state index is 12.0. The van der Waals surface area contributed by atoms with Gasteiger partial charge in [-0.15, -0.1) is 0 Å². The Morgan fingerprint density at radius 1 is 1.56 bits per heavy atom. The molecule has 1 aromatic heterocycles. The maximum Gasteiger partial charge on any atom is 0.224 e. The molecule has 0 bridgehead atoms. The minimum atomic E-state index is -1.04. The molecule has 7 heteroatoms. The lowest BCUT2D eigenvalue weighted by Crippen LogP contribution is -2.57. The van der Waals surface area contributed by atoms with Crippen molar-refractivity contribution in [3.05, 3.63) is 11.0 Å². The van der Waals surface area contributed by atoms with Gasteiger partial charge in [-0.25, -0.2) is 4.98 Å². The zero-order valence-corrected chi connectivity index (χ0v) is 11.5. The Labute approximate surface area is 113 Å². The fourth-order valence-corrected chi connectivity index (χ4v) is 4.14. The second kappa shape index (κ2) is 4.52. The molecule has 2 aliphatic rings. The number of aliphatic hydroxyl groups excluding tert-OH is 1. The highest BCUT2D eigenvalue weighted by molar-refractivity contribution is 7.91. The Kier molecular flexibility index (Phi) is 3.13. The molecule has 0 aliphatic carbocycles. The summed E-state index contributed by atoms with van der Waals surface area (Å²) in [5, 5.41) is 9.57. The van der Waals surface area contributed by atoms with E-state index in [4.69, 9.17) is 11.6 Å². The predicted molar refractivity (Wildman–Crippen MR) is 69.4 cm³/mol. The van der Waals surface area contributed by atoms with Crippen molar-refractivity contribution in [1.82, 2.24) is 9.97 Å². The van der Waals surface area contributed by atoms with Crippen molar-refractivity contribution in [2.24, 2.45) is 5.92 Å². The summed E-state index contributed by atoms with van der Waals surface area (Å²) in [5.41, 5.74) is 0.791. The minimum absolute atomic E-state index is 0.0395. The van der Waals surface area contributed by atoms with E-state index in [1.165, 1.54) is 0 Å². The number of rotatable bonds is 2. The molecular formula is C11H14ClN3O2S. The number of aromatic nitrogens is 2. The van der Waals surface area contributed by atoms with Crippen LogP contribution in [0.4, 0.5) is 5.82 Å². The van der Waals surface area contributed by atoms with E-state index in [0.29, 0.717) is 28.8 Å². The molecule has 3 unspecified atom stereocenters. The molecule has 0 amide bonds. The summed E-state index contributed by atoms with van der Waals surface area (Å²) in [4.78, 5) is 11.1. The van der Waals surface area contributed by atoms with E-state index in [-0.39, 0.29) is 17.9 Å². The van der Waals surface area contributed by atoms with E-state index < -0.39 is 11.2 Å². The third kappa shape index (κ3) is 1.79. The average Bonchev–Trinajstić information content (AvgIpc) is 2.67. The third-order valence-electron chi connectivity index (χ3n) is 3.64. The van der Waals surface area contributed by atoms with Crippen LogP contribution in [0.25, 0.3) is 0 Å². The van der Waals surface area contributed by atoms with E-state index in [2.05, 4.69) is 16.9 Å². The van der Waals surface area contributed by atoms with Crippen LogP contribution >= 0.6 is 11.6 Å². The SMILES string of the molecule is CC1CN(c2nc(Cl)nc3c2[S+]([O-])CC3)C1CO. The first kappa shape index (κ1) is 12.5. The topological polar surface area (TPSA) is 72.3 Å². The zero-order valence-electron chi connectivity index (χ0n) is 9.97. The van der Waals surface area contributed by atoms with E-state index in [1.54, 1.807) is 0 Å². The summed E-state index contributed by atoms with van der Waals surface area (Å²) in [6.45, 7) is 2.96. The van der Waals surface area contributed by atoms with Crippen LogP contribution in [-0.4, -0.2) is 44.6 Å². The standard InChI is InChI=1S/C11H14ClN3O2S/c1-6-4-15(8(6)5-16)10-9-7(2-3-18(9)17)13-11(12)14-10/h6,8,16H,2-5H2,1H3. The quantitative estimate of drug-likeness (QED) is 0.637. The van der Waals surface area contributed by atoms with Gasteiger partial charge < -0.3 is 14.6 Å². The molecule has 0 aromatic carbocycles. The zero-order chi connectivity index (χ0) is 12.9. The van der Waals surface area contributed by atoms with E-state index in [1.807, 2.05) is 4.90 Å². The summed E-state index contributed by atoms with van der Waals surface area (Å²) < 4.78 is 12.0. The smallest absolute Gasteiger partial charge is 0.224 e. The van der Waals surface area contributed by atoms with Crippen LogP contribution in [0.1, 0.15) is 12.6 Å². The Balaban J connectivity index is 2.02. The lowest BCUT2D eigenvalue weighted by atomic mass is 9.91. The summed E-state index contributed by atoms with van der Waals surface area (Å²) in [6, 6.07) is 0.0395. The lowest BCUT2D eigenvalue weighted by molar-refractivity contribution is 0.179.